The van der Waals surface area contributed by atoms with Gasteiger partial charge in [-0.15, -0.1) is 0 Å². The topological polar surface area (TPSA) is 67.7 Å². The maximum atomic E-state index is 14.9. The van der Waals surface area contributed by atoms with E-state index in [1.165, 1.54) is 12.3 Å². The van der Waals surface area contributed by atoms with Crippen LogP contribution in [-0.4, -0.2) is 59.2 Å². The summed E-state index contributed by atoms with van der Waals surface area (Å²) in [5, 5.41) is 0.783. The van der Waals surface area contributed by atoms with E-state index in [1.807, 2.05) is 4.90 Å². The molecule has 1 aliphatic heterocycles. The molecule has 2 aromatic heterocycles. The predicted octanol–water partition coefficient (Wildman–Crippen LogP) is 2.93. The van der Waals surface area contributed by atoms with Crippen molar-refractivity contribution >= 4 is 33.6 Å². The molecule has 31 heavy (non-hydrogen) atoms. The van der Waals surface area contributed by atoms with Gasteiger partial charge >= 0.3 is 5.97 Å². The minimum absolute atomic E-state index is 0.0573. The smallest absolute Gasteiger partial charge is 0.343 e. The molecule has 1 fully saturated rings. The quantitative estimate of drug-likeness (QED) is 0.446. The highest BCUT2D eigenvalue weighted by molar-refractivity contribution is 5.97. The highest BCUT2D eigenvalue weighted by Crippen LogP contribution is 2.30. The number of hydrogen-bond donors (Lipinski definition) is 0. The van der Waals surface area contributed by atoms with Gasteiger partial charge < -0.3 is 14.2 Å². The average molecular weight is 426 g/mol. The van der Waals surface area contributed by atoms with Gasteiger partial charge in [0.15, 0.2) is 0 Å². The molecule has 3 heterocycles. The molecule has 1 aromatic carbocycles. The molecule has 0 bridgehead atoms. The van der Waals surface area contributed by atoms with E-state index < -0.39 is 11.4 Å². The van der Waals surface area contributed by atoms with E-state index >= 15 is 0 Å². The highest BCUT2D eigenvalue weighted by atomic mass is 19.1. The molecule has 0 atom stereocenters. The van der Waals surface area contributed by atoms with Gasteiger partial charge in [-0.25, -0.2) is 14.2 Å². The molecule has 0 aliphatic carbocycles. The number of ether oxygens (including phenoxy) is 1. The van der Waals surface area contributed by atoms with Gasteiger partial charge in [0.1, 0.15) is 17.0 Å². The van der Waals surface area contributed by atoms with Gasteiger partial charge in [0.25, 0.3) is 0 Å². The SMILES string of the molecule is CCOC(=O)c1cn(C)c2nc3cc(N4CC(N(CC)CC)C4)c(F)cc3cc2c1=O. The van der Waals surface area contributed by atoms with E-state index in [0.717, 1.165) is 26.2 Å². The Kier molecular flexibility index (Phi) is 5.66. The van der Waals surface area contributed by atoms with Crippen molar-refractivity contribution in [3.05, 3.63) is 46.0 Å². The van der Waals surface area contributed by atoms with Crippen LogP contribution in [0.15, 0.2) is 29.2 Å². The maximum absolute atomic E-state index is 14.9. The third kappa shape index (κ3) is 3.65. The lowest BCUT2D eigenvalue weighted by molar-refractivity contribution is 0.0524. The molecule has 3 aromatic rings. The van der Waals surface area contributed by atoms with E-state index in [2.05, 4.69) is 23.7 Å². The van der Waals surface area contributed by atoms with Crippen LogP contribution in [0.25, 0.3) is 21.9 Å². The number of halogens is 1. The Labute approximate surface area is 180 Å². The third-order valence-electron chi connectivity index (χ3n) is 6.04. The van der Waals surface area contributed by atoms with Crippen molar-refractivity contribution in [2.75, 3.05) is 37.7 Å². The minimum Gasteiger partial charge on any atom is -0.462 e. The number of aryl methyl sites for hydroxylation is 1. The lowest BCUT2D eigenvalue weighted by Gasteiger charge is -2.46. The van der Waals surface area contributed by atoms with Gasteiger partial charge in [0.2, 0.25) is 5.43 Å². The van der Waals surface area contributed by atoms with Gasteiger partial charge in [0.05, 0.1) is 23.2 Å². The third-order valence-corrected chi connectivity index (χ3v) is 6.04. The molecule has 1 aliphatic rings. The van der Waals surface area contributed by atoms with E-state index in [0.29, 0.717) is 28.3 Å². The fraction of sp³-hybridized carbons (Fsp3) is 0.435. The molecule has 164 valence electrons. The first kappa shape index (κ1) is 21.2. The van der Waals surface area contributed by atoms with Crippen LogP contribution in [-0.2, 0) is 11.8 Å². The van der Waals surface area contributed by atoms with Crippen LogP contribution < -0.4 is 10.3 Å². The highest BCUT2D eigenvalue weighted by Gasteiger charge is 2.32. The number of rotatable bonds is 6. The van der Waals surface area contributed by atoms with Crippen LogP contribution in [0.3, 0.4) is 0 Å². The number of fused-ring (bicyclic) bond motifs is 2. The molecule has 0 radical (unpaired) electrons. The first-order valence-electron chi connectivity index (χ1n) is 10.7. The van der Waals surface area contributed by atoms with Crippen molar-refractivity contribution in [1.29, 1.82) is 0 Å². The van der Waals surface area contributed by atoms with E-state index in [9.17, 15) is 14.0 Å². The number of nitrogens with zero attached hydrogens (tertiary/aromatic N) is 4. The van der Waals surface area contributed by atoms with Crippen LogP contribution in [0, 0.1) is 5.82 Å². The van der Waals surface area contributed by atoms with Crippen LogP contribution in [0.2, 0.25) is 0 Å². The van der Waals surface area contributed by atoms with Gasteiger partial charge in [-0.3, -0.25) is 9.69 Å². The van der Waals surface area contributed by atoms with Crippen molar-refractivity contribution in [2.45, 2.75) is 26.8 Å². The zero-order valence-corrected chi connectivity index (χ0v) is 18.3. The van der Waals surface area contributed by atoms with Gasteiger partial charge in [-0.2, -0.15) is 0 Å². The fourth-order valence-corrected chi connectivity index (χ4v) is 4.29. The molecule has 4 rings (SSSR count). The zero-order valence-electron chi connectivity index (χ0n) is 18.3. The van der Waals surface area contributed by atoms with Gasteiger partial charge in [-0.05, 0) is 38.2 Å². The first-order valence-corrected chi connectivity index (χ1v) is 10.7. The van der Waals surface area contributed by atoms with Gasteiger partial charge in [0, 0.05) is 37.8 Å². The Bertz CT molecular complexity index is 1210. The summed E-state index contributed by atoms with van der Waals surface area (Å²) in [7, 11) is 1.72. The molecule has 0 amide bonds. The summed E-state index contributed by atoms with van der Waals surface area (Å²) in [5.74, 6) is -1.02. The number of carbonyl (C=O) groups excluding carboxylic acids is 1. The molecule has 0 saturated carbocycles. The number of carbonyl (C=O) groups is 1. The fourth-order valence-electron chi connectivity index (χ4n) is 4.29. The van der Waals surface area contributed by atoms with E-state index in [-0.39, 0.29) is 23.4 Å². The van der Waals surface area contributed by atoms with Crippen molar-refractivity contribution in [1.82, 2.24) is 14.5 Å². The van der Waals surface area contributed by atoms with Crippen LogP contribution in [0.5, 0.6) is 0 Å². The van der Waals surface area contributed by atoms with E-state index in [4.69, 9.17) is 4.74 Å². The second-order valence-electron chi connectivity index (χ2n) is 7.84. The Balaban J connectivity index is 1.75. The first-order chi connectivity index (χ1) is 14.9. The molecule has 7 nitrogen and oxygen atoms in total. The molecule has 0 unspecified atom stereocenters. The Morgan fingerprint density at radius 2 is 1.94 bits per heavy atom. The summed E-state index contributed by atoms with van der Waals surface area (Å²) >= 11 is 0. The normalized spacial score (nSPS) is 14.5. The number of esters is 1. The van der Waals surface area contributed by atoms with Crippen LogP contribution in [0.1, 0.15) is 31.1 Å². The molecule has 0 N–H and O–H groups in total. The standard InChI is InChI=1S/C23H27FN4O3/c1-5-27(6-2)15-11-28(12-15)20-10-19-14(9-18(20)24)8-16-21(29)17(23(30)31-7-3)13-26(4)22(16)25-19/h8-10,13,15H,5-7,11-12H2,1-4H3. The molecular weight excluding hydrogens is 399 g/mol. The lowest BCUT2D eigenvalue weighted by Crippen LogP contribution is -2.59. The summed E-state index contributed by atoms with van der Waals surface area (Å²) in [6.07, 6.45) is 1.44. The van der Waals surface area contributed by atoms with Crippen molar-refractivity contribution in [3.8, 4) is 0 Å². The van der Waals surface area contributed by atoms with Gasteiger partial charge in [-0.1, -0.05) is 13.8 Å². The minimum atomic E-state index is -0.674. The summed E-state index contributed by atoms with van der Waals surface area (Å²) in [6.45, 7) is 9.63. The molecule has 1 saturated heterocycles. The Morgan fingerprint density at radius 1 is 1.23 bits per heavy atom. The summed E-state index contributed by atoms with van der Waals surface area (Å²) in [5.41, 5.74) is 1.05. The number of benzene rings is 1. The number of aromatic nitrogens is 2. The molecular formula is C23H27FN4O3. The number of anilines is 1. The monoisotopic (exact) mass is 426 g/mol. The summed E-state index contributed by atoms with van der Waals surface area (Å²) in [6, 6.07) is 5.19. The molecule has 8 heteroatoms. The lowest BCUT2D eigenvalue weighted by atomic mass is 10.0. The second-order valence-corrected chi connectivity index (χ2v) is 7.84. The van der Waals surface area contributed by atoms with Crippen LogP contribution in [0.4, 0.5) is 10.1 Å². The average Bonchev–Trinajstić information content (AvgIpc) is 2.72. The summed E-state index contributed by atoms with van der Waals surface area (Å²) in [4.78, 5) is 34.0. The second kappa shape index (κ2) is 8.26. The summed E-state index contributed by atoms with van der Waals surface area (Å²) < 4.78 is 21.5. The largest absolute Gasteiger partial charge is 0.462 e. The van der Waals surface area contributed by atoms with Crippen molar-refractivity contribution < 1.29 is 13.9 Å². The predicted molar refractivity (Wildman–Crippen MR) is 119 cm³/mol. The van der Waals surface area contributed by atoms with Crippen LogP contribution >= 0.6 is 0 Å². The zero-order chi connectivity index (χ0) is 22.3. The Morgan fingerprint density at radius 3 is 2.58 bits per heavy atom. The molecule has 0 spiro atoms. The van der Waals surface area contributed by atoms with Crippen molar-refractivity contribution in [2.24, 2.45) is 7.05 Å². The maximum Gasteiger partial charge on any atom is 0.343 e. The Hall–Kier alpha value is -3.00. The van der Waals surface area contributed by atoms with Crippen molar-refractivity contribution in [3.63, 3.8) is 0 Å². The van der Waals surface area contributed by atoms with E-state index in [1.54, 1.807) is 30.7 Å². The number of likely N-dealkylation sites (N-methyl/N-ethyl adjacent to an activating group) is 1. The number of pyridine rings is 2. The number of hydrogen-bond acceptors (Lipinski definition) is 6.